The first-order valence-corrected chi connectivity index (χ1v) is 13.6. The van der Waals surface area contributed by atoms with Crippen molar-refractivity contribution in [1.82, 2.24) is 0 Å². The third-order valence-corrected chi connectivity index (χ3v) is 7.55. The average molecular weight is 627 g/mol. The molecule has 1 aromatic heterocycles. The van der Waals surface area contributed by atoms with E-state index in [0.717, 1.165) is 0 Å². The van der Waals surface area contributed by atoms with Crippen LogP contribution in [0.3, 0.4) is 0 Å². The van der Waals surface area contributed by atoms with Gasteiger partial charge in [-0.25, -0.2) is 9.59 Å². The van der Waals surface area contributed by atoms with Crippen LogP contribution >= 0.6 is 15.9 Å². The SMILES string of the molecule is CCOC(=O)C1=C(COc2ccc3c(C)c(Br)c(=O)oc3c2)N=C(C)C(C(=O)OCC)C1c1cccc([N+](=O)[O-])c1. The first kappa shape index (κ1) is 29.7. The first-order valence-electron chi connectivity index (χ1n) is 12.8. The maximum atomic E-state index is 13.4. The van der Waals surface area contributed by atoms with Crippen LogP contribution in [-0.2, 0) is 19.1 Å². The molecule has 12 heteroatoms. The van der Waals surface area contributed by atoms with Crippen molar-refractivity contribution < 1.29 is 33.1 Å². The third-order valence-electron chi connectivity index (χ3n) is 6.64. The summed E-state index contributed by atoms with van der Waals surface area (Å²) in [4.78, 5) is 54.2. The van der Waals surface area contributed by atoms with Crippen molar-refractivity contribution in [2.75, 3.05) is 19.8 Å². The summed E-state index contributed by atoms with van der Waals surface area (Å²) in [7, 11) is 0. The van der Waals surface area contributed by atoms with E-state index in [2.05, 4.69) is 20.9 Å². The van der Waals surface area contributed by atoms with Crippen molar-refractivity contribution in [3.05, 3.63) is 89.9 Å². The van der Waals surface area contributed by atoms with Gasteiger partial charge >= 0.3 is 17.6 Å². The Kier molecular flexibility index (Phi) is 9.01. The minimum atomic E-state index is -1.03. The summed E-state index contributed by atoms with van der Waals surface area (Å²) in [5.74, 6) is -3.04. The van der Waals surface area contributed by atoms with E-state index in [1.165, 1.54) is 18.2 Å². The molecular weight excluding hydrogens is 600 g/mol. The lowest BCUT2D eigenvalue weighted by atomic mass is 9.75. The molecule has 11 nitrogen and oxygen atoms in total. The number of carbonyl (C=O) groups excluding carboxylic acids is 2. The summed E-state index contributed by atoms with van der Waals surface area (Å²) in [5.41, 5.74) is 1.20. The average Bonchev–Trinajstić information content (AvgIpc) is 2.94. The summed E-state index contributed by atoms with van der Waals surface area (Å²) in [6, 6.07) is 10.7. The Hall–Kier alpha value is -4.32. The summed E-state index contributed by atoms with van der Waals surface area (Å²) < 4.78 is 22.4. The van der Waals surface area contributed by atoms with Gasteiger partial charge < -0.3 is 18.6 Å². The maximum absolute atomic E-state index is 13.4. The normalized spacial score (nSPS) is 16.8. The molecule has 0 saturated carbocycles. The number of nitrogens with zero attached hydrogens (tertiary/aromatic N) is 2. The molecule has 1 aliphatic rings. The van der Waals surface area contributed by atoms with Crippen LogP contribution < -0.4 is 10.4 Å². The number of carbonyl (C=O) groups is 2. The number of nitro groups is 1. The Morgan fingerprint density at radius 2 is 1.83 bits per heavy atom. The standard InChI is InChI=1S/C29H27BrN2O9/c1-5-38-27(33)23-16(4)31-21(14-40-19-10-11-20-15(3)26(30)29(35)41-22(20)13-19)25(28(34)39-6-2)24(23)17-8-7-9-18(12-17)32(36)37/h7-13,23-24H,5-6,14H2,1-4H3. The number of esters is 2. The number of halogens is 1. The van der Waals surface area contributed by atoms with E-state index in [-0.39, 0.29) is 36.8 Å². The van der Waals surface area contributed by atoms with Crippen LogP contribution in [0.2, 0.25) is 0 Å². The Balaban J connectivity index is 1.82. The van der Waals surface area contributed by atoms with Gasteiger partial charge in [0.05, 0.1) is 29.4 Å². The number of non-ortho nitro benzene ring substituents is 1. The van der Waals surface area contributed by atoms with E-state index in [1.807, 2.05) is 0 Å². The highest BCUT2D eigenvalue weighted by Crippen LogP contribution is 2.41. The highest BCUT2D eigenvalue weighted by molar-refractivity contribution is 9.10. The lowest BCUT2D eigenvalue weighted by molar-refractivity contribution is -0.384. The number of aliphatic imine (C=N–C) groups is 1. The number of fused-ring (bicyclic) bond motifs is 1. The number of hydrogen-bond acceptors (Lipinski definition) is 10. The zero-order chi connectivity index (χ0) is 29.8. The molecule has 0 N–H and O–H groups in total. The molecule has 2 aromatic carbocycles. The molecule has 0 amide bonds. The van der Waals surface area contributed by atoms with Crippen molar-refractivity contribution in [2.24, 2.45) is 10.9 Å². The molecule has 0 radical (unpaired) electrons. The van der Waals surface area contributed by atoms with Crippen LogP contribution in [0, 0.1) is 23.0 Å². The number of rotatable bonds is 9. The minimum Gasteiger partial charge on any atom is -0.487 e. The predicted molar refractivity (Wildman–Crippen MR) is 153 cm³/mol. The van der Waals surface area contributed by atoms with Gasteiger partial charge in [-0.15, -0.1) is 0 Å². The lowest BCUT2D eigenvalue weighted by Crippen LogP contribution is -2.37. The van der Waals surface area contributed by atoms with Crippen molar-refractivity contribution in [2.45, 2.75) is 33.6 Å². The Morgan fingerprint density at radius 3 is 2.51 bits per heavy atom. The minimum absolute atomic E-state index is 0.0306. The molecule has 0 spiro atoms. The zero-order valence-corrected chi connectivity index (χ0v) is 24.4. The van der Waals surface area contributed by atoms with E-state index < -0.39 is 34.3 Å². The van der Waals surface area contributed by atoms with Gasteiger partial charge in [0.15, 0.2) is 0 Å². The lowest BCUT2D eigenvalue weighted by Gasteiger charge is -2.32. The summed E-state index contributed by atoms with van der Waals surface area (Å²) in [6.07, 6.45) is 0. The topological polar surface area (TPSA) is 148 Å². The van der Waals surface area contributed by atoms with Gasteiger partial charge in [0.25, 0.3) is 5.69 Å². The van der Waals surface area contributed by atoms with Gasteiger partial charge in [-0.3, -0.25) is 19.9 Å². The van der Waals surface area contributed by atoms with Crippen LogP contribution in [0.5, 0.6) is 5.75 Å². The summed E-state index contributed by atoms with van der Waals surface area (Å²) >= 11 is 3.23. The van der Waals surface area contributed by atoms with Crippen LogP contribution in [0.25, 0.3) is 11.0 Å². The Morgan fingerprint density at radius 1 is 1.10 bits per heavy atom. The largest absolute Gasteiger partial charge is 0.487 e. The molecule has 0 fully saturated rings. The number of ether oxygens (including phenoxy) is 3. The molecule has 4 rings (SSSR count). The van der Waals surface area contributed by atoms with Gasteiger partial charge in [0.1, 0.15) is 28.3 Å². The molecular formula is C29H27BrN2O9. The monoisotopic (exact) mass is 626 g/mol. The smallest absolute Gasteiger partial charge is 0.350 e. The Labute approximate surface area is 243 Å². The van der Waals surface area contributed by atoms with Crippen LogP contribution in [0.15, 0.2) is 72.4 Å². The van der Waals surface area contributed by atoms with E-state index in [4.69, 9.17) is 18.6 Å². The number of hydrogen-bond donors (Lipinski definition) is 0. The van der Waals surface area contributed by atoms with Crippen molar-refractivity contribution in [3.63, 3.8) is 0 Å². The van der Waals surface area contributed by atoms with Gasteiger partial charge in [-0.05, 0) is 66.9 Å². The van der Waals surface area contributed by atoms with Crippen molar-refractivity contribution in [1.29, 1.82) is 0 Å². The second-order valence-corrected chi connectivity index (χ2v) is 9.96. The fourth-order valence-electron chi connectivity index (χ4n) is 4.78. The van der Waals surface area contributed by atoms with E-state index in [0.29, 0.717) is 38.0 Å². The molecule has 41 heavy (non-hydrogen) atoms. The maximum Gasteiger partial charge on any atom is 0.350 e. The van der Waals surface area contributed by atoms with Gasteiger partial charge in [-0.2, -0.15) is 0 Å². The van der Waals surface area contributed by atoms with Crippen molar-refractivity contribution in [3.8, 4) is 5.75 Å². The molecule has 2 atom stereocenters. The highest BCUT2D eigenvalue weighted by Gasteiger charge is 2.43. The molecule has 2 unspecified atom stereocenters. The van der Waals surface area contributed by atoms with E-state index >= 15 is 0 Å². The molecule has 2 heterocycles. The second-order valence-electron chi connectivity index (χ2n) is 9.17. The molecule has 3 aromatic rings. The second kappa shape index (κ2) is 12.5. The highest BCUT2D eigenvalue weighted by atomic mass is 79.9. The molecule has 0 aliphatic carbocycles. The van der Waals surface area contributed by atoms with Gasteiger partial charge in [0, 0.05) is 35.2 Å². The van der Waals surface area contributed by atoms with Crippen LogP contribution in [0.1, 0.15) is 37.8 Å². The van der Waals surface area contributed by atoms with Gasteiger partial charge in [-0.1, -0.05) is 12.1 Å². The summed E-state index contributed by atoms with van der Waals surface area (Å²) in [6.45, 7) is 6.63. The first-order chi connectivity index (χ1) is 19.6. The fraction of sp³-hybridized carbons (Fsp3) is 0.310. The van der Waals surface area contributed by atoms with Crippen LogP contribution in [-0.4, -0.2) is 42.4 Å². The van der Waals surface area contributed by atoms with Gasteiger partial charge in [0.2, 0.25) is 0 Å². The summed E-state index contributed by atoms with van der Waals surface area (Å²) in [5, 5.41) is 12.3. The Bertz CT molecular complexity index is 1660. The van der Waals surface area contributed by atoms with E-state index in [1.54, 1.807) is 52.0 Å². The molecule has 1 aliphatic heterocycles. The van der Waals surface area contributed by atoms with Crippen molar-refractivity contribution >= 4 is 50.2 Å². The fourth-order valence-corrected chi connectivity index (χ4v) is 5.07. The molecule has 0 saturated heterocycles. The van der Waals surface area contributed by atoms with Crippen LogP contribution in [0.4, 0.5) is 5.69 Å². The molecule has 0 bridgehead atoms. The molecule has 214 valence electrons. The number of aryl methyl sites for hydroxylation is 1. The number of benzene rings is 2. The predicted octanol–water partition coefficient (Wildman–Crippen LogP) is 5.41. The zero-order valence-electron chi connectivity index (χ0n) is 22.8. The van der Waals surface area contributed by atoms with E-state index in [9.17, 15) is 24.5 Å². The third kappa shape index (κ3) is 6.07. The quantitative estimate of drug-likeness (QED) is 0.132. The number of nitro benzene ring substituents is 1.